The van der Waals surface area contributed by atoms with E-state index < -0.39 is 0 Å². The van der Waals surface area contributed by atoms with Crippen molar-refractivity contribution in [1.29, 1.82) is 0 Å². The van der Waals surface area contributed by atoms with E-state index in [-0.39, 0.29) is 24.0 Å². The fourth-order valence-corrected chi connectivity index (χ4v) is 3.80. The quantitative estimate of drug-likeness (QED) is 0.669. The first kappa shape index (κ1) is 19.5. The summed E-state index contributed by atoms with van der Waals surface area (Å²) in [5, 5.41) is 3.45. The number of nitrogens with one attached hydrogen (secondary N) is 1. The monoisotopic (exact) mass is 415 g/mol. The topological polar surface area (TPSA) is 85.8 Å². The number of carbonyl (C=O) groups excluding carboxylic acids is 1. The molecule has 1 amide bonds. The van der Waals surface area contributed by atoms with Crippen molar-refractivity contribution in [3.05, 3.63) is 57.2 Å². The molecule has 0 atom stereocenters. The van der Waals surface area contributed by atoms with Gasteiger partial charge in [0.2, 0.25) is 5.91 Å². The van der Waals surface area contributed by atoms with E-state index in [4.69, 9.17) is 20.9 Å². The minimum Gasteiger partial charge on any atom is -0.485 e. The maximum Gasteiger partial charge on any atom is 0.287 e. The largest absolute Gasteiger partial charge is 0.485 e. The molecule has 0 saturated heterocycles. The molecule has 4 rings (SSSR count). The van der Waals surface area contributed by atoms with Crippen LogP contribution in [0.4, 0.5) is 5.69 Å². The van der Waals surface area contributed by atoms with Gasteiger partial charge in [-0.15, -0.1) is 4.57 Å². The summed E-state index contributed by atoms with van der Waals surface area (Å²) in [7, 11) is 0. The molecule has 0 radical (unpaired) electrons. The van der Waals surface area contributed by atoms with Crippen LogP contribution in [0.5, 0.6) is 5.75 Å². The second-order valence-electron chi connectivity index (χ2n) is 7.34. The number of hydrogen-bond donors (Lipinski definition) is 1. The lowest BCUT2D eigenvalue weighted by atomic mass is 9.88. The van der Waals surface area contributed by atoms with Crippen LogP contribution in [0.1, 0.15) is 43.6 Å². The predicted molar refractivity (Wildman–Crippen MR) is 109 cm³/mol. The van der Waals surface area contributed by atoms with E-state index in [9.17, 15) is 9.59 Å². The molecule has 1 N–H and O–H groups in total. The number of ether oxygens (including phenoxy) is 1. The SMILES string of the molecule is Cc1cc2nc(COc3ccc(Cl)cc3NC(=O)C3CCCCC3)cc(=O)n2o1. The van der Waals surface area contributed by atoms with Crippen molar-refractivity contribution in [2.45, 2.75) is 45.6 Å². The van der Waals surface area contributed by atoms with E-state index in [1.807, 2.05) is 0 Å². The van der Waals surface area contributed by atoms with Crippen molar-refractivity contribution in [1.82, 2.24) is 9.56 Å². The van der Waals surface area contributed by atoms with Crippen molar-refractivity contribution < 1.29 is 14.1 Å². The Labute approximate surface area is 172 Å². The molecule has 1 aliphatic rings. The Hall–Kier alpha value is -2.80. The van der Waals surface area contributed by atoms with Crippen LogP contribution in [0, 0.1) is 12.8 Å². The van der Waals surface area contributed by atoms with E-state index in [0.29, 0.717) is 33.6 Å². The van der Waals surface area contributed by atoms with Gasteiger partial charge in [0.25, 0.3) is 5.56 Å². The first-order chi connectivity index (χ1) is 14.0. The summed E-state index contributed by atoms with van der Waals surface area (Å²) >= 11 is 6.12. The summed E-state index contributed by atoms with van der Waals surface area (Å²) < 4.78 is 12.3. The third-order valence-corrected chi connectivity index (χ3v) is 5.31. The van der Waals surface area contributed by atoms with Gasteiger partial charge in [-0.1, -0.05) is 30.9 Å². The molecule has 7 nitrogen and oxygen atoms in total. The number of anilines is 1. The molecular weight excluding hydrogens is 394 g/mol. The number of aryl methyl sites for hydroxylation is 1. The van der Waals surface area contributed by atoms with Gasteiger partial charge in [0.1, 0.15) is 18.1 Å². The van der Waals surface area contributed by atoms with E-state index >= 15 is 0 Å². The van der Waals surface area contributed by atoms with E-state index in [2.05, 4.69) is 10.3 Å². The average molecular weight is 416 g/mol. The predicted octanol–water partition coefficient (Wildman–Crippen LogP) is 4.35. The van der Waals surface area contributed by atoms with Crippen LogP contribution >= 0.6 is 11.6 Å². The van der Waals surface area contributed by atoms with Gasteiger partial charge < -0.3 is 14.6 Å². The minimum atomic E-state index is -0.316. The lowest BCUT2D eigenvalue weighted by Gasteiger charge is -2.21. The molecule has 0 bridgehead atoms. The van der Waals surface area contributed by atoms with Crippen LogP contribution in [-0.2, 0) is 11.4 Å². The number of amides is 1. The normalized spacial score (nSPS) is 14.8. The van der Waals surface area contributed by atoms with Gasteiger partial charge in [0.05, 0.1) is 11.4 Å². The highest BCUT2D eigenvalue weighted by molar-refractivity contribution is 6.31. The van der Waals surface area contributed by atoms with Crippen LogP contribution in [0.15, 0.2) is 39.6 Å². The van der Waals surface area contributed by atoms with Gasteiger partial charge in [-0.3, -0.25) is 9.59 Å². The molecular formula is C21H22ClN3O4. The molecule has 29 heavy (non-hydrogen) atoms. The second-order valence-corrected chi connectivity index (χ2v) is 7.77. The summed E-state index contributed by atoms with van der Waals surface area (Å²) in [5.74, 6) is 1.08. The third-order valence-electron chi connectivity index (χ3n) is 5.08. The average Bonchev–Trinajstić information content (AvgIpc) is 3.09. The van der Waals surface area contributed by atoms with E-state index in [1.54, 1.807) is 31.2 Å². The van der Waals surface area contributed by atoms with Gasteiger partial charge in [0, 0.05) is 23.1 Å². The molecule has 1 fully saturated rings. The van der Waals surface area contributed by atoms with Crippen molar-refractivity contribution in [2.75, 3.05) is 5.32 Å². The molecule has 1 aliphatic carbocycles. The van der Waals surface area contributed by atoms with Crippen LogP contribution in [0.25, 0.3) is 5.65 Å². The molecule has 2 heterocycles. The second kappa shape index (κ2) is 8.29. The van der Waals surface area contributed by atoms with Gasteiger partial charge in [0.15, 0.2) is 5.65 Å². The smallest absolute Gasteiger partial charge is 0.287 e. The lowest BCUT2D eigenvalue weighted by Crippen LogP contribution is -2.25. The number of benzene rings is 1. The Morgan fingerprint density at radius 2 is 2.07 bits per heavy atom. The highest BCUT2D eigenvalue weighted by atomic mass is 35.5. The molecule has 1 saturated carbocycles. The summed E-state index contributed by atoms with van der Waals surface area (Å²) in [5.41, 5.74) is 1.10. The Morgan fingerprint density at radius 1 is 1.28 bits per heavy atom. The maximum absolute atomic E-state index is 12.6. The van der Waals surface area contributed by atoms with Crippen molar-refractivity contribution >= 4 is 28.8 Å². The zero-order chi connectivity index (χ0) is 20.4. The molecule has 0 aliphatic heterocycles. The summed E-state index contributed by atoms with van der Waals surface area (Å²) in [6, 6.07) is 8.11. The van der Waals surface area contributed by atoms with Gasteiger partial charge in [-0.05, 0) is 38.0 Å². The van der Waals surface area contributed by atoms with E-state index in [0.717, 1.165) is 30.3 Å². The van der Waals surface area contributed by atoms with Gasteiger partial charge in [-0.2, -0.15) is 0 Å². The number of halogens is 1. The Bertz CT molecular complexity index is 1100. The van der Waals surface area contributed by atoms with Crippen LogP contribution < -0.4 is 15.6 Å². The number of carbonyl (C=O) groups is 1. The Morgan fingerprint density at radius 3 is 2.86 bits per heavy atom. The zero-order valence-corrected chi connectivity index (χ0v) is 16.9. The Balaban J connectivity index is 1.51. The van der Waals surface area contributed by atoms with Gasteiger partial charge >= 0.3 is 0 Å². The molecule has 8 heteroatoms. The third kappa shape index (κ3) is 4.45. The van der Waals surface area contributed by atoms with Crippen molar-refractivity contribution in [2.24, 2.45) is 5.92 Å². The van der Waals surface area contributed by atoms with Crippen LogP contribution in [-0.4, -0.2) is 15.5 Å². The number of fused-ring (bicyclic) bond motifs is 1. The highest BCUT2D eigenvalue weighted by Crippen LogP contribution is 2.31. The molecule has 152 valence electrons. The Kier molecular flexibility index (Phi) is 5.58. The molecule has 1 aromatic carbocycles. The number of rotatable bonds is 5. The summed E-state index contributed by atoms with van der Waals surface area (Å²) in [4.78, 5) is 29.2. The zero-order valence-electron chi connectivity index (χ0n) is 16.1. The molecule has 0 spiro atoms. The number of hydrogen-bond acceptors (Lipinski definition) is 5. The van der Waals surface area contributed by atoms with Crippen molar-refractivity contribution in [3.63, 3.8) is 0 Å². The van der Waals surface area contributed by atoms with Gasteiger partial charge in [-0.25, -0.2) is 4.98 Å². The number of aromatic nitrogens is 2. The van der Waals surface area contributed by atoms with Crippen LogP contribution in [0.3, 0.4) is 0 Å². The first-order valence-electron chi connectivity index (χ1n) is 9.72. The van der Waals surface area contributed by atoms with Crippen molar-refractivity contribution in [3.8, 4) is 5.75 Å². The first-order valence-corrected chi connectivity index (χ1v) is 10.1. The fraction of sp³-hybridized carbons (Fsp3) is 0.381. The lowest BCUT2D eigenvalue weighted by molar-refractivity contribution is -0.120. The number of nitrogens with zero attached hydrogens (tertiary/aromatic N) is 2. The molecule has 3 aromatic rings. The summed E-state index contributed by atoms with van der Waals surface area (Å²) in [6.07, 6.45) is 5.15. The van der Waals surface area contributed by atoms with Crippen LogP contribution in [0.2, 0.25) is 5.02 Å². The molecule has 2 aromatic heterocycles. The summed E-state index contributed by atoms with van der Waals surface area (Å²) in [6.45, 7) is 1.82. The highest BCUT2D eigenvalue weighted by Gasteiger charge is 2.22. The fourth-order valence-electron chi connectivity index (χ4n) is 3.62. The molecule has 0 unspecified atom stereocenters. The maximum atomic E-state index is 12.6. The standard InChI is InChI=1S/C21H22ClN3O4/c1-13-9-19-23-16(11-20(26)25(19)29-13)12-28-18-8-7-15(22)10-17(18)24-21(27)14-5-3-2-4-6-14/h7-11,14H,2-6,12H2,1H3,(H,24,27). The van der Waals surface area contributed by atoms with E-state index in [1.165, 1.54) is 12.5 Å². The minimum absolute atomic E-state index is 0.0107.